The highest BCUT2D eigenvalue weighted by molar-refractivity contribution is 9.10. The van der Waals surface area contributed by atoms with E-state index in [1.807, 2.05) is 24.3 Å². The van der Waals surface area contributed by atoms with E-state index in [0.29, 0.717) is 29.2 Å². The SMILES string of the molecule is COc1cc(/C=C2\SC(=O)N(CC(=O)c3ccccc3)C2=O)ccc1OCc1ccc(Br)cc1. The zero-order valence-electron chi connectivity index (χ0n) is 18.2. The number of amides is 2. The summed E-state index contributed by atoms with van der Waals surface area (Å²) in [5.74, 6) is 0.278. The molecule has 0 aliphatic carbocycles. The van der Waals surface area contributed by atoms with Crippen molar-refractivity contribution >= 4 is 50.7 Å². The Bertz CT molecular complexity index is 1260. The number of ether oxygens (including phenoxy) is 2. The number of carbonyl (C=O) groups excluding carboxylic acids is 3. The maximum Gasteiger partial charge on any atom is 0.293 e. The Balaban J connectivity index is 1.46. The molecule has 0 spiro atoms. The van der Waals surface area contributed by atoms with Crippen molar-refractivity contribution in [1.82, 2.24) is 4.90 Å². The second-order valence-corrected chi connectivity index (χ2v) is 9.29. The minimum Gasteiger partial charge on any atom is -0.493 e. The predicted molar refractivity (Wildman–Crippen MR) is 135 cm³/mol. The van der Waals surface area contributed by atoms with Gasteiger partial charge in [-0.05, 0) is 53.2 Å². The third kappa shape index (κ3) is 5.58. The molecule has 172 valence electrons. The van der Waals surface area contributed by atoms with E-state index in [0.717, 1.165) is 26.7 Å². The topological polar surface area (TPSA) is 72.9 Å². The van der Waals surface area contributed by atoms with Gasteiger partial charge in [0.15, 0.2) is 17.3 Å². The van der Waals surface area contributed by atoms with Crippen LogP contribution in [-0.2, 0) is 11.4 Å². The molecule has 1 fully saturated rings. The summed E-state index contributed by atoms with van der Waals surface area (Å²) in [6, 6.07) is 21.7. The lowest BCUT2D eigenvalue weighted by atomic mass is 10.1. The van der Waals surface area contributed by atoms with Gasteiger partial charge in [0.1, 0.15) is 6.61 Å². The van der Waals surface area contributed by atoms with Gasteiger partial charge in [-0.2, -0.15) is 0 Å². The number of thioether (sulfide) groups is 1. The van der Waals surface area contributed by atoms with Crippen LogP contribution in [0.1, 0.15) is 21.5 Å². The monoisotopic (exact) mass is 537 g/mol. The number of imide groups is 1. The standard InChI is InChI=1S/C26H20BrNO5S/c1-32-23-13-18(9-12-22(23)33-16-17-7-10-20(27)11-8-17)14-24-25(30)28(26(31)34-24)15-21(29)19-5-3-2-4-6-19/h2-14H,15-16H2,1H3/b24-14-. The molecule has 1 saturated heterocycles. The average molecular weight is 538 g/mol. The molecule has 8 heteroatoms. The van der Waals surface area contributed by atoms with E-state index in [9.17, 15) is 14.4 Å². The van der Waals surface area contributed by atoms with Crippen LogP contribution >= 0.6 is 27.7 Å². The minimum absolute atomic E-state index is 0.247. The van der Waals surface area contributed by atoms with Gasteiger partial charge < -0.3 is 9.47 Å². The van der Waals surface area contributed by atoms with Crippen LogP contribution in [0.4, 0.5) is 4.79 Å². The first-order valence-electron chi connectivity index (χ1n) is 10.3. The van der Waals surface area contributed by atoms with E-state index in [1.165, 1.54) is 7.11 Å². The van der Waals surface area contributed by atoms with E-state index < -0.39 is 11.1 Å². The van der Waals surface area contributed by atoms with Crippen LogP contribution < -0.4 is 9.47 Å². The molecule has 1 aliphatic heterocycles. The molecule has 3 aromatic carbocycles. The maximum absolute atomic E-state index is 12.8. The summed E-state index contributed by atoms with van der Waals surface area (Å²) in [7, 11) is 1.54. The molecule has 0 N–H and O–H groups in total. The Morgan fingerprint density at radius 1 is 1.00 bits per heavy atom. The summed E-state index contributed by atoms with van der Waals surface area (Å²) in [5.41, 5.74) is 2.13. The number of nitrogens with zero attached hydrogens (tertiary/aromatic N) is 1. The summed E-state index contributed by atoms with van der Waals surface area (Å²) in [6.07, 6.45) is 1.61. The highest BCUT2D eigenvalue weighted by Crippen LogP contribution is 2.35. The fourth-order valence-corrected chi connectivity index (χ4v) is 4.38. The van der Waals surface area contributed by atoms with Crippen LogP contribution in [0.25, 0.3) is 6.08 Å². The number of hydrogen-bond acceptors (Lipinski definition) is 6. The van der Waals surface area contributed by atoms with Crippen LogP contribution in [0.5, 0.6) is 11.5 Å². The zero-order valence-corrected chi connectivity index (χ0v) is 20.6. The van der Waals surface area contributed by atoms with Crippen molar-refractivity contribution in [2.75, 3.05) is 13.7 Å². The average Bonchev–Trinajstić information content (AvgIpc) is 3.11. The molecule has 6 nitrogen and oxygen atoms in total. The molecular formula is C26H20BrNO5S. The van der Waals surface area contributed by atoms with Gasteiger partial charge in [0, 0.05) is 10.0 Å². The molecule has 1 aliphatic rings. The Morgan fingerprint density at radius 3 is 2.44 bits per heavy atom. The predicted octanol–water partition coefficient (Wildman–Crippen LogP) is 5.96. The number of benzene rings is 3. The van der Waals surface area contributed by atoms with Gasteiger partial charge in [-0.25, -0.2) is 0 Å². The molecule has 0 bridgehead atoms. The lowest BCUT2D eigenvalue weighted by Gasteiger charge is -2.12. The number of ketones is 1. The van der Waals surface area contributed by atoms with E-state index in [1.54, 1.807) is 54.6 Å². The van der Waals surface area contributed by atoms with E-state index in [4.69, 9.17) is 9.47 Å². The lowest BCUT2D eigenvalue weighted by molar-refractivity contribution is -0.122. The molecule has 2 amide bonds. The zero-order chi connectivity index (χ0) is 24.1. The molecule has 3 aromatic rings. The number of hydrogen-bond donors (Lipinski definition) is 0. The third-order valence-electron chi connectivity index (χ3n) is 5.06. The first-order valence-corrected chi connectivity index (χ1v) is 11.9. The Hall–Kier alpha value is -3.36. The minimum atomic E-state index is -0.492. The molecular weight excluding hydrogens is 518 g/mol. The summed E-state index contributed by atoms with van der Waals surface area (Å²) < 4.78 is 12.3. The number of Topliss-reactive ketones (excluding diaryl/α,β-unsaturated/α-hetero) is 1. The Kier molecular flexibility index (Phi) is 7.49. The number of methoxy groups -OCH3 is 1. The van der Waals surface area contributed by atoms with E-state index in [2.05, 4.69) is 15.9 Å². The largest absolute Gasteiger partial charge is 0.493 e. The van der Waals surface area contributed by atoms with E-state index >= 15 is 0 Å². The molecule has 1 heterocycles. The van der Waals surface area contributed by atoms with Gasteiger partial charge >= 0.3 is 0 Å². The van der Waals surface area contributed by atoms with E-state index in [-0.39, 0.29) is 17.2 Å². The normalized spacial score (nSPS) is 14.5. The van der Waals surface area contributed by atoms with Gasteiger partial charge in [0.05, 0.1) is 18.6 Å². The van der Waals surface area contributed by atoms with Gasteiger partial charge in [-0.1, -0.05) is 64.5 Å². The second kappa shape index (κ2) is 10.7. The van der Waals surface area contributed by atoms with Crippen molar-refractivity contribution in [2.24, 2.45) is 0 Å². The van der Waals surface area contributed by atoms with Crippen LogP contribution in [-0.4, -0.2) is 35.5 Å². The van der Waals surface area contributed by atoms with Gasteiger partial charge in [-0.15, -0.1) is 0 Å². The van der Waals surface area contributed by atoms with Crippen molar-refractivity contribution < 1.29 is 23.9 Å². The molecule has 0 unspecified atom stereocenters. The van der Waals surface area contributed by atoms with Crippen LogP contribution in [0.2, 0.25) is 0 Å². The van der Waals surface area contributed by atoms with Crippen molar-refractivity contribution in [3.63, 3.8) is 0 Å². The van der Waals surface area contributed by atoms with Crippen molar-refractivity contribution in [3.8, 4) is 11.5 Å². The lowest BCUT2D eigenvalue weighted by Crippen LogP contribution is -2.33. The highest BCUT2D eigenvalue weighted by Gasteiger charge is 2.36. The smallest absolute Gasteiger partial charge is 0.293 e. The first kappa shape index (κ1) is 23.8. The molecule has 0 radical (unpaired) electrons. The molecule has 0 aromatic heterocycles. The summed E-state index contributed by atoms with van der Waals surface area (Å²) in [4.78, 5) is 38.9. The molecule has 4 rings (SSSR count). The summed E-state index contributed by atoms with van der Waals surface area (Å²) >= 11 is 4.22. The molecule has 34 heavy (non-hydrogen) atoms. The van der Waals surface area contributed by atoms with Crippen LogP contribution in [0, 0.1) is 0 Å². The van der Waals surface area contributed by atoms with Crippen LogP contribution in [0.15, 0.2) is 82.2 Å². The molecule has 0 saturated carbocycles. The highest BCUT2D eigenvalue weighted by atomic mass is 79.9. The Labute approximate surface area is 209 Å². The number of carbonyl (C=O) groups is 3. The van der Waals surface area contributed by atoms with Crippen molar-refractivity contribution in [2.45, 2.75) is 6.61 Å². The maximum atomic E-state index is 12.8. The van der Waals surface area contributed by atoms with Crippen LogP contribution in [0.3, 0.4) is 0 Å². The fraction of sp³-hybridized carbons (Fsp3) is 0.115. The quantitative estimate of drug-likeness (QED) is 0.261. The summed E-state index contributed by atoms with van der Waals surface area (Å²) in [6.45, 7) is 0.0789. The summed E-state index contributed by atoms with van der Waals surface area (Å²) in [5, 5.41) is -0.470. The molecule has 0 atom stereocenters. The fourth-order valence-electron chi connectivity index (χ4n) is 3.28. The second-order valence-electron chi connectivity index (χ2n) is 7.38. The third-order valence-corrected chi connectivity index (χ3v) is 6.50. The number of rotatable bonds is 8. The van der Waals surface area contributed by atoms with Crippen molar-refractivity contribution in [3.05, 3.63) is 98.9 Å². The Morgan fingerprint density at radius 2 is 1.74 bits per heavy atom. The van der Waals surface area contributed by atoms with Gasteiger partial charge in [-0.3, -0.25) is 19.3 Å². The van der Waals surface area contributed by atoms with Gasteiger partial charge in [0.2, 0.25) is 0 Å². The van der Waals surface area contributed by atoms with Gasteiger partial charge in [0.25, 0.3) is 11.1 Å². The van der Waals surface area contributed by atoms with Crippen molar-refractivity contribution in [1.29, 1.82) is 0 Å². The first-order chi connectivity index (χ1) is 16.4. The number of halogens is 1.